The van der Waals surface area contributed by atoms with Gasteiger partial charge in [0.1, 0.15) is 0 Å². The lowest BCUT2D eigenvalue weighted by molar-refractivity contribution is 0.411. The van der Waals surface area contributed by atoms with Crippen molar-refractivity contribution in [1.82, 2.24) is 9.97 Å². The fourth-order valence-corrected chi connectivity index (χ4v) is 7.36. The van der Waals surface area contributed by atoms with E-state index in [1.165, 1.54) is 42.1 Å². The minimum absolute atomic E-state index is 0.215. The second kappa shape index (κ2) is 7.35. The maximum absolute atomic E-state index is 5.22. The molecule has 2 heterocycles. The van der Waals surface area contributed by atoms with Crippen LogP contribution in [-0.2, 0) is 6.42 Å². The molecule has 2 aromatic carbocycles. The van der Waals surface area contributed by atoms with E-state index in [2.05, 4.69) is 83.7 Å². The van der Waals surface area contributed by atoms with Crippen molar-refractivity contribution < 1.29 is 0 Å². The molecule has 0 amide bonds. The Morgan fingerprint density at radius 2 is 1.63 bits per heavy atom. The van der Waals surface area contributed by atoms with Crippen molar-refractivity contribution in [2.75, 3.05) is 18.8 Å². The van der Waals surface area contributed by atoms with Gasteiger partial charge in [-0.05, 0) is 67.7 Å². The predicted octanol–water partition coefficient (Wildman–Crippen LogP) is 7.77. The summed E-state index contributed by atoms with van der Waals surface area (Å²) in [6.07, 6.45) is 10.1. The van der Waals surface area contributed by atoms with Crippen molar-refractivity contribution in [3.8, 4) is 11.3 Å². The number of benzene rings is 2. The molecule has 0 unspecified atom stereocenters. The minimum Gasteiger partial charge on any atom is -0.256 e. The van der Waals surface area contributed by atoms with Gasteiger partial charge in [0, 0.05) is 28.5 Å². The Balaban J connectivity index is 2.10. The van der Waals surface area contributed by atoms with Crippen LogP contribution >= 0.6 is 21.4 Å². The third-order valence-corrected chi connectivity index (χ3v) is 8.10. The first-order valence-corrected chi connectivity index (χ1v) is 14.1. The maximum atomic E-state index is 5.22. The van der Waals surface area contributed by atoms with Crippen molar-refractivity contribution in [3.63, 3.8) is 0 Å². The monoisotopic (exact) mass is 436 g/mol. The molecule has 4 heteroatoms. The zero-order valence-corrected chi connectivity index (χ0v) is 21.0. The number of nitrogens with zero attached hydrogens (tertiary/aromatic N) is 2. The molecule has 4 aromatic rings. The van der Waals surface area contributed by atoms with Gasteiger partial charge in [-0.25, -0.2) is 15.0 Å². The molecule has 158 valence electrons. The normalized spacial score (nSPS) is 13.3. The van der Waals surface area contributed by atoms with Crippen molar-refractivity contribution in [1.29, 1.82) is 0 Å². The highest BCUT2D eigenvalue weighted by Crippen LogP contribution is 2.52. The van der Waals surface area contributed by atoms with Crippen LogP contribution in [0, 0.1) is 19.3 Å². The number of aromatic nitrogens is 2. The average Bonchev–Trinajstić information content (AvgIpc) is 3.00. The van der Waals surface area contributed by atoms with Gasteiger partial charge in [0.15, 0.2) is 0 Å². The molecule has 0 aliphatic rings. The summed E-state index contributed by atoms with van der Waals surface area (Å²) in [7, 11) is -0.892. The molecule has 0 aliphatic heterocycles. The van der Waals surface area contributed by atoms with Crippen LogP contribution in [0.5, 0.6) is 0 Å². The van der Waals surface area contributed by atoms with Gasteiger partial charge in [-0.2, -0.15) is 0 Å². The van der Waals surface area contributed by atoms with Gasteiger partial charge >= 0.3 is 0 Å². The fourth-order valence-electron chi connectivity index (χ4n) is 4.07. The molecular weight excluding hydrogens is 404 g/mol. The summed E-state index contributed by atoms with van der Waals surface area (Å²) < 4.78 is 1.35. The first-order chi connectivity index (χ1) is 13.9. The van der Waals surface area contributed by atoms with Gasteiger partial charge < -0.3 is 0 Å². The smallest absolute Gasteiger partial charge is 0.0944 e. The van der Waals surface area contributed by atoms with Crippen molar-refractivity contribution in [3.05, 3.63) is 52.7 Å². The highest BCUT2D eigenvalue weighted by atomic mass is 32.3. The largest absolute Gasteiger partial charge is 0.256 e. The second-order valence-electron chi connectivity index (χ2n) is 10.4. The number of aryl methyl sites for hydroxylation is 2. The van der Waals surface area contributed by atoms with Crippen LogP contribution in [-0.4, -0.2) is 28.7 Å². The van der Waals surface area contributed by atoms with Crippen molar-refractivity contribution in [2.24, 2.45) is 5.41 Å². The lowest BCUT2D eigenvalue weighted by atomic mass is 9.93. The average molecular weight is 437 g/mol. The second-order valence-corrected chi connectivity index (χ2v) is 15.6. The van der Waals surface area contributed by atoms with E-state index in [0.29, 0.717) is 0 Å². The summed E-state index contributed by atoms with van der Waals surface area (Å²) in [5.41, 5.74) is 6.11. The van der Waals surface area contributed by atoms with E-state index < -0.39 is 10.0 Å². The highest BCUT2D eigenvalue weighted by Gasteiger charge is 2.23. The molecule has 2 nitrogen and oxygen atoms in total. The lowest BCUT2D eigenvalue weighted by Gasteiger charge is -2.27. The van der Waals surface area contributed by atoms with Crippen molar-refractivity contribution >= 4 is 42.4 Å². The van der Waals surface area contributed by atoms with Crippen LogP contribution in [0.2, 0.25) is 0 Å². The van der Waals surface area contributed by atoms with Crippen LogP contribution in [0.25, 0.3) is 32.2 Å². The van der Waals surface area contributed by atoms with Crippen LogP contribution in [0.1, 0.15) is 36.9 Å². The van der Waals surface area contributed by atoms with Gasteiger partial charge in [0.25, 0.3) is 0 Å². The predicted molar refractivity (Wildman–Crippen MR) is 137 cm³/mol. The van der Waals surface area contributed by atoms with Gasteiger partial charge in [0.05, 0.1) is 20.9 Å². The number of pyridine rings is 1. The van der Waals surface area contributed by atoms with Crippen LogP contribution in [0.4, 0.5) is 0 Å². The summed E-state index contributed by atoms with van der Waals surface area (Å²) >= 11 is 1.88. The molecule has 0 fully saturated rings. The Morgan fingerprint density at radius 3 is 2.23 bits per heavy atom. The molecule has 0 radical (unpaired) electrons. The standard InChI is InChI=1S/C26H32N2S2/c1-16-11-17(2)13-19(12-16)23-22-18(9-10-27-23)14-20(30(6,7)8)25-24(22)28-21(29-25)15-26(3,4)5/h9-14H,15H2,1-8H3. The lowest BCUT2D eigenvalue weighted by Crippen LogP contribution is -2.08. The molecule has 0 saturated heterocycles. The molecule has 30 heavy (non-hydrogen) atoms. The Bertz CT molecular complexity index is 1230. The highest BCUT2D eigenvalue weighted by molar-refractivity contribution is 8.32. The zero-order valence-electron chi connectivity index (χ0n) is 19.4. The summed E-state index contributed by atoms with van der Waals surface area (Å²) in [6, 6.07) is 11.3. The quantitative estimate of drug-likeness (QED) is 0.328. The molecule has 0 atom stereocenters. The van der Waals surface area contributed by atoms with E-state index in [1.54, 1.807) is 0 Å². The Labute approximate surface area is 186 Å². The van der Waals surface area contributed by atoms with Gasteiger partial charge in [-0.15, -0.1) is 11.3 Å². The first-order valence-electron chi connectivity index (χ1n) is 10.4. The van der Waals surface area contributed by atoms with E-state index >= 15 is 0 Å². The Hall–Kier alpha value is -1.91. The molecule has 0 aliphatic carbocycles. The fraction of sp³-hybridized carbons (Fsp3) is 0.385. The number of thiazole rings is 1. The molecule has 0 saturated carbocycles. The summed E-state index contributed by atoms with van der Waals surface area (Å²) in [5.74, 6) is 0. The topological polar surface area (TPSA) is 25.8 Å². The molecule has 0 spiro atoms. The maximum Gasteiger partial charge on any atom is 0.0944 e. The summed E-state index contributed by atoms with van der Waals surface area (Å²) in [5, 5.41) is 3.67. The third kappa shape index (κ3) is 4.13. The summed E-state index contributed by atoms with van der Waals surface area (Å²) in [6.45, 7) is 11.2. The molecule has 0 N–H and O–H groups in total. The minimum atomic E-state index is -0.892. The number of fused-ring (bicyclic) bond motifs is 3. The van der Waals surface area contributed by atoms with Gasteiger partial charge in [-0.1, -0.05) is 38.0 Å². The van der Waals surface area contributed by atoms with E-state index in [9.17, 15) is 0 Å². The number of rotatable bonds is 3. The SMILES string of the molecule is Cc1cc(C)cc(-c2nccc3cc(S(C)(C)C)c4sc(CC(C)(C)C)nc4c23)c1. The first kappa shape index (κ1) is 21.3. The van der Waals surface area contributed by atoms with Crippen LogP contribution in [0.15, 0.2) is 41.4 Å². The molecular formula is C26H32N2S2. The molecule has 2 aromatic heterocycles. The van der Waals surface area contributed by atoms with E-state index in [-0.39, 0.29) is 5.41 Å². The van der Waals surface area contributed by atoms with E-state index in [0.717, 1.165) is 17.6 Å². The van der Waals surface area contributed by atoms with Gasteiger partial charge in [-0.3, -0.25) is 4.98 Å². The Kier molecular flexibility index (Phi) is 5.22. The zero-order chi connectivity index (χ0) is 21.8. The van der Waals surface area contributed by atoms with Crippen LogP contribution in [0.3, 0.4) is 0 Å². The number of hydrogen-bond acceptors (Lipinski definition) is 3. The van der Waals surface area contributed by atoms with Crippen LogP contribution < -0.4 is 0 Å². The van der Waals surface area contributed by atoms with Crippen molar-refractivity contribution in [2.45, 2.75) is 45.9 Å². The molecule has 0 bridgehead atoms. The number of hydrogen-bond donors (Lipinski definition) is 0. The Morgan fingerprint density at radius 1 is 0.967 bits per heavy atom. The van der Waals surface area contributed by atoms with E-state index in [1.807, 2.05) is 17.5 Å². The van der Waals surface area contributed by atoms with Gasteiger partial charge in [0.2, 0.25) is 0 Å². The molecule has 4 rings (SSSR count). The summed E-state index contributed by atoms with van der Waals surface area (Å²) in [4.78, 5) is 11.5. The third-order valence-electron chi connectivity index (χ3n) is 5.24. The van der Waals surface area contributed by atoms with E-state index in [4.69, 9.17) is 9.97 Å².